The fraction of sp³-hybridized carbons (Fsp3) is 0.417. The molecule has 1 aliphatic heterocycles. The van der Waals surface area contributed by atoms with E-state index in [9.17, 15) is 28.8 Å². The van der Waals surface area contributed by atoms with Crippen molar-refractivity contribution in [3.8, 4) is 5.75 Å². The van der Waals surface area contributed by atoms with E-state index in [0.717, 1.165) is 16.9 Å². The van der Waals surface area contributed by atoms with Crippen LogP contribution in [0.5, 0.6) is 5.75 Å². The Morgan fingerprint density at radius 2 is 1.67 bits per heavy atom. The Kier molecular flexibility index (Phi) is 13.7. The second-order valence-electron chi connectivity index (χ2n) is 12.9. The normalized spacial score (nSPS) is 21.4. The van der Waals surface area contributed by atoms with E-state index < -0.39 is 59.6 Å². The van der Waals surface area contributed by atoms with Crippen molar-refractivity contribution in [3.05, 3.63) is 80.8 Å². The second kappa shape index (κ2) is 18.0. The fourth-order valence-electron chi connectivity index (χ4n) is 5.48. The van der Waals surface area contributed by atoms with Crippen LogP contribution in [-0.2, 0) is 25.6 Å². The molecule has 0 radical (unpaired) electrons. The van der Waals surface area contributed by atoms with Crippen molar-refractivity contribution in [2.45, 2.75) is 58.3 Å². The molecule has 278 valence electrons. The topological polar surface area (TPSA) is 179 Å². The first-order valence-electron chi connectivity index (χ1n) is 16.8. The molecule has 2 heterocycles. The first-order chi connectivity index (χ1) is 24.7. The minimum absolute atomic E-state index is 0.0148. The van der Waals surface area contributed by atoms with Crippen LogP contribution < -0.4 is 26.0 Å². The maximum atomic E-state index is 13.9. The summed E-state index contributed by atoms with van der Waals surface area (Å²) >= 11 is 7.49. The van der Waals surface area contributed by atoms with E-state index in [4.69, 9.17) is 16.3 Å². The monoisotopic (exact) mass is 753 g/mol. The van der Waals surface area contributed by atoms with Crippen LogP contribution in [0, 0.1) is 5.92 Å². The van der Waals surface area contributed by atoms with Crippen LogP contribution >= 0.6 is 22.9 Å². The smallest absolute Gasteiger partial charge is 0.271 e. The Bertz CT molecular complexity index is 1790. The highest BCUT2D eigenvalue weighted by Crippen LogP contribution is 2.26. The lowest BCUT2D eigenvalue weighted by Crippen LogP contribution is -2.57. The molecule has 0 saturated heterocycles. The first kappa shape index (κ1) is 39.8. The lowest BCUT2D eigenvalue weighted by atomic mass is 10.0. The number of carbonyl (C=O) groups is 6. The molecule has 14 nitrogen and oxygen atoms in total. The molecule has 2 aromatic carbocycles. The number of ether oxygens (including phenoxy) is 1. The average Bonchev–Trinajstić information content (AvgIpc) is 3.61. The zero-order valence-corrected chi connectivity index (χ0v) is 31.5. The van der Waals surface area contributed by atoms with Gasteiger partial charge in [0.15, 0.2) is 0 Å². The van der Waals surface area contributed by atoms with E-state index >= 15 is 0 Å². The van der Waals surface area contributed by atoms with Gasteiger partial charge in [-0.15, -0.1) is 11.3 Å². The van der Waals surface area contributed by atoms with Gasteiger partial charge in [-0.1, -0.05) is 55.8 Å². The maximum absolute atomic E-state index is 13.9. The van der Waals surface area contributed by atoms with E-state index in [2.05, 4.69) is 26.3 Å². The second-order valence-corrected chi connectivity index (χ2v) is 14.2. The van der Waals surface area contributed by atoms with Crippen LogP contribution in [0.4, 0.5) is 0 Å². The van der Waals surface area contributed by atoms with Crippen LogP contribution in [0.2, 0.25) is 5.02 Å². The van der Waals surface area contributed by atoms with Gasteiger partial charge >= 0.3 is 0 Å². The number of likely N-dealkylation sites (N-methyl/N-ethyl adjacent to an activating group) is 1. The molecule has 1 aliphatic rings. The number of nitrogens with zero attached hydrogens (tertiary/aromatic N) is 3. The molecule has 1 aromatic heterocycles. The van der Waals surface area contributed by atoms with E-state index in [-0.39, 0.29) is 41.8 Å². The van der Waals surface area contributed by atoms with E-state index in [1.807, 2.05) is 30.3 Å². The number of hydrogen-bond acceptors (Lipinski definition) is 9. The van der Waals surface area contributed by atoms with Gasteiger partial charge in [-0.25, -0.2) is 4.98 Å². The number of fused-ring (bicyclic) bond motifs is 2. The molecule has 6 amide bonds. The summed E-state index contributed by atoms with van der Waals surface area (Å²) in [5, 5.41) is 13.1. The summed E-state index contributed by atoms with van der Waals surface area (Å²) in [5.41, 5.74) is 1.13. The van der Waals surface area contributed by atoms with Crippen molar-refractivity contribution in [1.29, 1.82) is 0 Å². The standard InChI is InChI=1S/C36H44ClN7O7S/c1-20(2)30-33(48)39-22(4)35(49)43(5)14-15-44(36(50)24-12-13-28(51-6)25(37)17-24)18-29(45)40-26(16-23-10-8-7-9-11-23)34-41-27(19-52-34)32(47)38-21(3)31(46)42-30/h7-13,17,19-22,26,30H,14-16,18H2,1-6H3,(H,38,47)(H,39,48)(H,40,45)(H,42,46)/t21-,22+,26-,30-/m0/s1. The summed E-state index contributed by atoms with van der Waals surface area (Å²) in [6, 6.07) is 10.2. The Labute approximate surface area is 311 Å². The van der Waals surface area contributed by atoms with E-state index in [1.165, 1.54) is 55.3 Å². The molecule has 4 rings (SSSR count). The number of thiazole rings is 1. The van der Waals surface area contributed by atoms with Crippen LogP contribution in [-0.4, -0.2) is 102 Å². The van der Waals surface area contributed by atoms with E-state index in [0.29, 0.717) is 17.2 Å². The Morgan fingerprint density at radius 3 is 2.33 bits per heavy atom. The van der Waals surface area contributed by atoms with Crippen LogP contribution in [0.1, 0.15) is 65.2 Å². The third kappa shape index (κ3) is 10.3. The van der Waals surface area contributed by atoms with E-state index in [1.54, 1.807) is 19.9 Å². The summed E-state index contributed by atoms with van der Waals surface area (Å²) in [6.07, 6.45) is 0.328. The Hall–Kier alpha value is -5.02. The molecule has 0 spiro atoms. The highest BCUT2D eigenvalue weighted by Gasteiger charge is 2.31. The Morgan fingerprint density at radius 1 is 0.962 bits per heavy atom. The van der Waals surface area contributed by atoms with Crippen molar-refractivity contribution in [2.75, 3.05) is 33.8 Å². The minimum Gasteiger partial charge on any atom is -0.495 e. The molecule has 4 N–H and O–H groups in total. The number of benzene rings is 2. The summed E-state index contributed by atoms with van der Waals surface area (Å²) in [5.74, 6) is -3.28. The average molecular weight is 754 g/mol. The van der Waals surface area contributed by atoms with Gasteiger partial charge in [-0.05, 0) is 49.9 Å². The molecular weight excluding hydrogens is 710 g/mol. The minimum atomic E-state index is -1.03. The summed E-state index contributed by atoms with van der Waals surface area (Å²) < 4.78 is 5.22. The van der Waals surface area contributed by atoms with Gasteiger partial charge in [-0.2, -0.15) is 0 Å². The van der Waals surface area contributed by atoms with Crippen LogP contribution in [0.15, 0.2) is 53.9 Å². The molecule has 0 unspecified atom stereocenters. The lowest BCUT2D eigenvalue weighted by molar-refractivity contribution is -0.136. The maximum Gasteiger partial charge on any atom is 0.271 e. The van der Waals surface area contributed by atoms with Crippen LogP contribution in [0.25, 0.3) is 0 Å². The molecule has 2 bridgehead atoms. The molecular formula is C36H44ClN7O7S. The van der Waals surface area contributed by atoms with Gasteiger partial charge in [0.1, 0.15) is 34.6 Å². The molecule has 0 saturated carbocycles. The highest BCUT2D eigenvalue weighted by atomic mass is 35.5. The van der Waals surface area contributed by atoms with Crippen molar-refractivity contribution in [1.82, 2.24) is 36.1 Å². The highest BCUT2D eigenvalue weighted by molar-refractivity contribution is 7.09. The van der Waals surface area contributed by atoms with Crippen molar-refractivity contribution in [3.63, 3.8) is 0 Å². The number of amides is 6. The molecule has 0 aliphatic carbocycles. The summed E-state index contributed by atoms with van der Waals surface area (Å²) in [7, 11) is 2.97. The number of halogens is 1. The number of rotatable bonds is 5. The predicted molar refractivity (Wildman–Crippen MR) is 196 cm³/mol. The third-order valence-electron chi connectivity index (χ3n) is 8.49. The van der Waals surface area contributed by atoms with Crippen molar-refractivity contribution in [2.24, 2.45) is 5.92 Å². The third-order valence-corrected chi connectivity index (χ3v) is 9.74. The van der Waals surface area contributed by atoms with Gasteiger partial charge < -0.3 is 35.8 Å². The van der Waals surface area contributed by atoms with Crippen molar-refractivity contribution >= 4 is 58.4 Å². The predicted octanol–water partition coefficient (Wildman–Crippen LogP) is 2.58. The molecule has 0 fully saturated rings. The number of carbonyl (C=O) groups excluding carboxylic acids is 6. The molecule has 3 aromatic rings. The van der Waals surface area contributed by atoms with Gasteiger partial charge in [0.2, 0.25) is 23.6 Å². The fourth-order valence-corrected chi connectivity index (χ4v) is 6.58. The van der Waals surface area contributed by atoms with Crippen LogP contribution in [0.3, 0.4) is 0 Å². The first-order valence-corrected chi connectivity index (χ1v) is 18.0. The molecule has 16 heteroatoms. The van der Waals surface area contributed by atoms with Gasteiger partial charge in [0.05, 0.1) is 24.7 Å². The van der Waals surface area contributed by atoms with Gasteiger partial charge in [-0.3, -0.25) is 28.8 Å². The summed E-state index contributed by atoms with van der Waals surface area (Å²) in [4.78, 5) is 87.9. The SMILES string of the molecule is COc1ccc(C(=O)N2CCN(C)C(=O)[C@@H](C)NC(=O)[C@H](C(C)C)NC(=O)[C@H](C)NC(=O)c3csc(n3)[C@H](Cc3ccccc3)NC(=O)C2)cc1Cl. The Balaban J connectivity index is 1.70. The van der Waals surface area contributed by atoms with Crippen molar-refractivity contribution < 1.29 is 33.5 Å². The quantitative estimate of drug-likeness (QED) is 0.307. The summed E-state index contributed by atoms with van der Waals surface area (Å²) in [6.45, 7) is 6.06. The molecule has 4 atom stereocenters. The number of nitrogens with one attached hydrogen (secondary N) is 4. The zero-order valence-electron chi connectivity index (χ0n) is 29.9. The zero-order chi connectivity index (χ0) is 38.1. The molecule has 52 heavy (non-hydrogen) atoms. The number of hydrogen-bond donors (Lipinski definition) is 4. The number of aromatic nitrogens is 1. The lowest BCUT2D eigenvalue weighted by Gasteiger charge is -2.29. The van der Waals surface area contributed by atoms with Gasteiger partial charge in [0, 0.05) is 31.1 Å². The largest absolute Gasteiger partial charge is 0.495 e. The number of methoxy groups -OCH3 is 1. The van der Waals surface area contributed by atoms with Gasteiger partial charge in [0.25, 0.3) is 11.8 Å².